The van der Waals surface area contributed by atoms with Crippen LogP contribution < -0.4 is 4.74 Å². The lowest BCUT2D eigenvalue weighted by atomic mass is 9.93. The number of allylic oxidation sites excluding steroid dienone is 1. The minimum Gasteiger partial charge on any atom is -0.496 e. The van der Waals surface area contributed by atoms with E-state index >= 15 is 0 Å². The number of ether oxygens (including phenoxy) is 3. The summed E-state index contributed by atoms with van der Waals surface area (Å²) in [7, 11) is 3.10. The molecule has 150 valence electrons. The highest BCUT2D eigenvalue weighted by atomic mass is 79.9. The van der Waals surface area contributed by atoms with Gasteiger partial charge in [-0.2, -0.15) is 0 Å². The van der Waals surface area contributed by atoms with E-state index in [9.17, 15) is 9.59 Å². The van der Waals surface area contributed by atoms with Crippen molar-refractivity contribution in [1.82, 2.24) is 4.90 Å². The molecule has 7 nitrogen and oxygen atoms in total. The molecule has 1 aromatic carbocycles. The molecule has 3 rings (SSSR count). The Balaban J connectivity index is 2.13. The summed E-state index contributed by atoms with van der Waals surface area (Å²) in [6, 6.07) is 4.83. The van der Waals surface area contributed by atoms with Gasteiger partial charge in [-0.15, -0.1) is 0 Å². The van der Waals surface area contributed by atoms with Crippen LogP contribution in [0, 0.1) is 0 Å². The van der Waals surface area contributed by atoms with Gasteiger partial charge in [-0.25, -0.2) is 9.79 Å². The predicted octanol–water partition coefficient (Wildman–Crippen LogP) is 3.30. The van der Waals surface area contributed by atoms with E-state index in [-0.39, 0.29) is 19.1 Å². The van der Waals surface area contributed by atoms with Crippen LogP contribution >= 0.6 is 27.7 Å². The highest BCUT2D eigenvalue weighted by Gasteiger charge is 2.42. The van der Waals surface area contributed by atoms with Gasteiger partial charge in [0, 0.05) is 29.3 Å². The number of benzene rings is 1. The third kappa shape index (κ3) is 4.11. The van der Waals surface area contributed by atoms with E-state index in [0.717, 1.165) is 4.47 Å². The molecule has 0 saturated carbocycles. The molecule has 2 heterocycles. The summed E-state index contributed by atoms with van der Waals surface area (Å²) >= 11 is 4.98. The SMILES string of the molecule is COCCOC(=O)C1=C(C)N=C2SCCC(=O)N2C1c1cc(Br)ccc1OC. The average Bonchev–Trinajstić information content (AvgIpc) is 2.67. The van der Waals surface area contributed by atoms with E-state index in [1.807, 2.05) is 12.1 Å². The fraction of sp³-hybridized carbons (Fsp3) is 0.421. The van der Waals surface area contributed by atoms with Gasteiger partial charge in [0.15, 0.2) is 5.17 Å². The third-order valence-corrected chi connectivity index (χ3v) is 5.88. The predicted molar refractivity (Wildman–Crippen MR) is 110 cm³/mol. The maximum absolute atomic E-state index is 12.9. The maximum atomic E-state index is 12.9. The molecule has 1 saturated heterocycles. The number of aliphatic imine (C=N–C) groups is 1. The summed E-state index contributed by atoms with van der Waals surface area (Å²) in [5.41, 5.74) is 1.55. The number of hydrogen-bond acceptors (Lipinski definition) is 7. The van der Waals surface area contributed by atoms with Crippen LogP contribution in [0.3, 0.4) is 0 Å². The van der Waals surface area contributed by atoms with Gasteiger partial charge in [0.25, 0.3) is 0 Å². The van der Waals surface area contributed by atoms with Crippen LogP contribution in [0.2, 0.25) is 0 Å². The van der Waals surface area contributed by atoms with E-state index in [1.54, 1.807) is 25.0 Å². The standard InChI is InChI=1S/C19H21BrN2O5S/c1-11-16(18(24)27-8-7-25-2)17(13-10-12(20)4-5-14(13)26-3)22-15(23)6-9-28-19(22)21-11/h4-5,10,17H,6-9H2,1-3H3. The molecule has 1 unspecified atom stereocenters. The van der Waals surface area contributed by atoms with Gasteiger partial charge >= 0.3 is 5.97 Å². The monoisotopic (exact) mass is 468 g/mol. The molecule has 0 N–H and O–H groups in total. The van der Waals surface area contributed by atoms with Gasteiger partial charge in [-0.3, -0.25) is 9.69 Å². The van der Waals surface area contributed by atoms with Crippen molar-refractivity contribution in [1.29, 1.82) is 0 Å². The lowest BCUT2D eigenvalue weighted by Crippen LogP contribution is -2.46. The summed E-state index contributed by atoms with van der Waals surface area (Å²) in [5.74, 6) is 0.636. The molecule has 2 aliphatic rings. The second-order valence-electron chi connectivity index (χ2n) is 6.17. The second-order valence-corrected chi connectivity index (χ2v) is 8.15. The summed E-state index contributed by atoms with van der Waals surface area (Å²) in [4.78, 5) is 31.8. The van der Waals surface area contributed by atoms with Crippen molar-refractivity contribution in [3.8, 4) is 5.75 Å². The number of methoxy groups -OCH3 is 2. The number of fused-ring (bicyclic) bond motifs is 1. The van der Waals surface area contributed by atoms with Crippen LogP contribution in [-0.2, 0) is 19.1 Å². The van der Waals surface area contributed by atoms with Crippen LogP contribution in [0.15, 0.2) is 38.9 Å². The molecular weight excluding hydrogens is 448 g/mol. The number of nitrogens with zero attached hydrogens (tertiary/aromatic N) is 2. The summed E-state index contributed by atoms with van der Waals surface area (Å²) in [6.07, 6.45) is 0.377. The van der Waals surface area contributed by atoms with Crippen molar-refractivity contribution in [3.63, 3.8) is 0 Å². The zero-order chi connectivity index (χ0) is 20.3. The number of thioether (sulfide) groups is 1. The molecule has 1 fully saturated rings. The van der Waals surface area contributed by atoms with Crippen LogP contribution in [0.4, 0.5) is 0 Å². The fourth-order valence-electron chi connectivity index (χ4n) is 3.17. The average molecular weight is 469 g/mol. The molecular formula is C19H21BrN2O5S. The molecule has 0 aliphatic carbocycles. The number of hydrogen-bond donors (Lipinski definition) is 0. The topological polar surface area (TPSA) is 77.4 Å². The molecule has 2 aliphatic heterocycles. The van der Waals surface area contributed by atoms with Gasteiger partial charge < -0.3 is 14.2 Å². The normalized spacial score (nSPS) is 19.3. The van der Waals surface area contributed by atoms with Gasteiger partial charge in [0.2, 0.25) is 5.91 Å². The van der Waals surface area contributed by atoms with Gasteiger partial charge in [0.1, 0.15) is 18.4 Å². The summed E-state index contributed by atoms with van der Waals surface area (Å²) in [6.45, 7) is 2.16. The first-order valence-electron chi connectivity index (χ1n) is 8.71. The molecule has 28 heavy (non-hydrogen) atoms. The highest BCUT2D eigenvalue weighted by molar-refractivity contribution is 9.10. The quantitative estimate of drug-likeness (QED) is 0.470. The Bertz CT molecular complexity index is 855. The van der Waals surface area contributed by atoms with Crippen molar-refractivity contribution in [2.45, 2.75) is 19.4 Å². The van der Waals surface area contributed by atoms with Crippen LogP contribution in [0.1, 0.15) is 24.9 Å². The Morgan fingerprint density at radius 3 is 2.86 bits per heavy atom. The van der Waals surface area contributed by atoms with Crippen molar-refractivity contribution in [3.05, 3.63) is 39.5 Å². The Labute approximate surface area is 176 Å². The number of carbonyl (C=O) groups excluding carboxylic acids is 2. The Hall–Kier alpha value is -1.84. The second kappa shape index (κ2) is 9.11. The fourth-order valence-corrected chi connectivity index (χ4v) is 4.55. The lowest BCUT2D eigenvalue weighted by Gasteiger charge is -2.39. The van der Waals surface area contributed by atoms with Crippen LogP contribution in [0.25, 0.3) is 0 Å². The number of amides is 1. The van der Waals surface area contributed by atoms with Gasteiger partial charge in [0.05, 0.1) is 25.0 Å². The largest absolute Gasteiger partial charge is 0.496 e. The zero-order valence-corrected chi connectivity index (χ0v) is 18.3. The van der Waals surface area contributed by atoms with Crippen LogP contribution in [0.5, 0.6) is 5.75 Å². The first kappa shape index (κ1) is 20.9. The summed E-state index contributed by atoms with van der Waals surface area (Å²) in [5, 5.41) is 0.592. The number of rotatable bonds is 6. The van der Waals surface area contributed by atoms with E-state index in [0.29, 0.717) is 39.9 Å². The van der Waals surface area contributed by atoms with Crippen molar-refractivity contribution >= 4 is 44.7 Å². The maximum Gasteiger partial charge on any atom is 0.338 e. The minimum absolute atomic E-state index is 0.0841. The Morgan fingerprint density at radius 1 is 1.36 bits per heavy atom. The molecule has 9 heteroatoms. The first-order valence-corrected chi connectivity index (χ1v) is 10.5. The Morgan fingerprint density at radius 2 is 2.14 bits per heavy atom. The van der Waals surface area contributed by atoms with Crippen LogP contribution in [-0.4, -0.2) is 55.1 Å². The molecule has 0 spiro atoms. The Kier molecular flexibility index (Phi) is 6.79. The molecule has 1 amide bonds. The number of esters is 1. The number of halogens is 1. The van der Waals surface area contributed by atoms with E-state index in [1.165, 1.54) is 18.9 Å². The third-order valence-electron chi connectivity index (χ3n) is 4.43. The van der Waals surface area contributed by atoms with Crippen molar-refractivity contribution in [2.24, 2.45) is 4.99 Å². The molecule has 1 atom stereocenters. The number of amidine groups is 1. The summed E-state index contributed by atoms with van der Waals surface area (Å²) < 4.78 is 16.7. The van der Waals surface area contributed by atoms with Gasteiger partial charge in [-0.05, 0) is 25.1 Å². The molecule has 1 aromatic rings. The number of carbonyl (C=O) groups is 2. The zero-order valence-electron chi connectivity index (χ0n) is 15.9. The van der Waals surface area contributed by atoms with Crippen molar-refractivity contribution < 1.29 is 23.8 Å². The van der Waals surface area contributed by atoms with E-state index < -0.39 is 12.0 Å². The minimum atomic E-state index is -0.671. The van der Waals surface area contributed by atoms with Crippen molar-refractivity contribution in [2.75, 3.05) is 33.2 Å². The lowest BCUT2D eigenvalue weighted by molar-refractivity contribution is -0.141. The first-order chi connectivity index (χ1) is 13.5. The molecule has 0 radical (unpaired) electrons. The highest BCUT2D eigenvalue weighted by Crippen LogP contribution is 2.43. The van der Waals surface area contributed by atoms with Gasteiger partial charge in [-0.1, -0.05) is 27.7 Å². The van der Waals surface area contributed by atoms with E-state index in [2.05, 4.69) is 20.9 Å². The molecule has 0 aromatic heterocycles. The smallest absolute Gasteiger partial charge is 0.338 e. The van der Waals surface area contributed by atoms with E-state index in [4.69, 9.17) is 14.2 Å². The molecule has 0 bridgehead atoms.